The third kappa shape index (κ3) is 4.21. The van der Waals surface area contributed by atoms with Crippen LogP contribution in [0, 0.1) is 6.92 Å². The fraction of sp³-hybridized carbons (Fsp3) is 0.538. The van der Waals surface area contributed by atoms with Gasteiger partial charge in [-0.15, -0.1) is 0 Å². The SMILES string of the molecule is CCOC(CN)CCOc1ccccc1C. The van der Waals surface area contributed by atoms with Gasteiger partial charge in [0.1, 0.15) is 5.75 Å². The van der Waals surface area contributed by atoms with E-state index in [0.29, 0.717) is 19.8 Å². The van der Waals surface area contributed by atoms with Crippen LogP contribution in [0.15, 0.2) is 24.3 Å². The highest BCUT2D eigenvalue weighted by atomic mass is 16.5. The minimum atomic E-state index is 0.106. The molecule has 3 heteroatoms. The topological polar surface area (TPSA) is 44.5 Å². The average molecular weight is 223 g/mol. The molecule has 0 aliphatic heterocycles. The predicted octanol–water partition coefficient (Wildman–Crippen LogP) is 2.13. The molecule has 16 heavy (non-hydrogen) atoms. The lowest BCUT2D eigenvalue weighted by Crippen LogP contribution is -2.25. The molecule has 1 aromatic carbocycles. The van der Waals surface area contributed by atoms with Gasteiger partial charge in [-0.05, 0) is 25.5 Å². The molecule has 0 heterocycles. The normalized spacial score (nSPS) is 12.4. The maximum atomic E-state index is 5.68. The zero-order valence-electron chi connectivity index (χ0n) is 10.1. The lowest BCUT2D eigenvalue weighted by atomic mass is 10.2. The molecule has 0 spiro atoms. The summed E-state index contributed by atoms with van der Waals surface area (Å²) in [6.45, 7) is 5.91. The molecule has 0 saturated heterocycles. The Hall–Kier alpha value is -1.06. The molecular formula is C13H21NO2. The largest absolute Gasteiger partial charge is 0.493 e. The van der Waals surface area contributed by atoms with E-state index in [1.54, 1.807) is 0 Å². The highest BCUT2D eigenvalue weighted by molar-refractivity contribution is 5.31. The monoisotopic (exact) mass is 223 g/mol. The Labute approximate surface area is 97.6 Å². The molecule has 2 N–H and O–H groups in total. The highest BCUT2D eigenvalue weighted by Gasteiger charge is 2.06. The Balaban J connectivity index is 2.32. The van der Waals surface area contributed by atoms with E-state index in [1.165, 1.54) is 0 Å². The molecule has 1 atom stereocenters. The van der Waals surface area contributed by atoms with Crippen molar-refractivity contribution in [1.82, 2.24) is 0 Å². The van der Waals surface area contributed by atoms with Crippen molar-refractivity contribution in [2.24, 2.45) is 5.73 Å². The van der Waals surface area contributed by atoms with Gasteiger partial charge in [0.2, 0.25) is 0 Å². The summed E-state index contributed by atoms with van der Waals surface area (Å²) in [5.41, 5.74) is 6.74. The fourth-order valence-corrected chi connectivity index (χ4v) is 1.52. The van der Waals surface area contributed by atoms with E-state index in [9.17, 15) is 0 Å². The van der Waals surface area contributed by atoms with Crippen LogP contribution in [0.25, 0.3) is 0 Å². The van der Waals surface area contributed by atoms with Gasteiger partial charge in [0.15, 0.2) is 0 Å². The quantitative estimate of drug-likeness (QED) is 0.770. The minimum absolute atomic E-state index is 0.106. The Morgan fingerprint density at radius 2 is 2.06 bits per heavy atom. The first-order chi connectivity index (χ1) is 7.77. The van der Waals surface area contributed by atoms with Crippen LogP contribution in [0.2, 0.25) is 0 Å². The standard InChI is InChI=1S/C13H21NO2/c1-3-15-12(10-14)8-9-16-13-7-5-4-6-11(13)2/h4-7,12H,3,8-10,14H2,1-2H3. The first-order valence-corrected chi connectivity index (χ1v) is 5.78. The van der Waals surface area contributed by atoms with Crippen LogP contribution in [0.3, 0.4) is 0 Å². The van der Waals surface area contributed by atoms with Crippen LogP contribution in [-0.2, 0) is 4.74 Å². The van der Waals surface area contributed by atoms with Gasteiger partial charge in [-0.2, -0.15) is 0 Å². The number of nitrogens with two attached hydrogens (primary N) is 1. The van der Waals surface area contributed by atoms with E-state index in [1.807, 2.05) is 38.1 Å². The highest BCUT2D eigenvalue weighted by Crippen LogP contribution is 2.16. The fourth-order valence-electron chi connectivity index (χ4n) is 1.52. The van der Waals surface area contributed by atoms with Crippen molar-refractivity contribution in [3.8, 4) is 5.75 Å². The van der Waals surface area contributed by atoms with Crippen LogP contribution in [0.4, 0.5) is 0 Å². The van der Waals surface area contributed by atoms with Gasteiger partial charge in [0, 0.05) is 19.6 Å². The average Bonchev–Trinajstić information content (AvgIpc) is 2.30. The molecule has 0 aliphatic rings. The van der Waals surface area contributed by atoms with Crippen molar-refractivity contribution >= 4 is 0 Å². The molecule has 3 nitrogen and oxygen atoms in total. The third-order valence-electron chi connectivity index (χ3n) is 2.46. The molecule has 1 aromatic rings. The molecule has 0 bridgehead atoms. The second-order valence-corrected chi connectivity index (χ2v) is 3.72. The second-order valence-electron chi connectivity index (χ2n) is 3.72. The van der Waals surface area contributed by atoms with Crippen molar-refractivity contribution in [3.63, 3.8) is 0 Å². The van der Waals surface area contributed by atoms with Crippen molar-refractivity contribution in [2.45, 2.75) is 26.4 Å². The van der Waals surface area contributed by atoms with E-state index in [2.05, 4.69) is 0 Å². The minimum Gasteiger partial charge on any atom is -0.493 e. The lowest BCUT2D eigenvalue weighted by molar-refractivity contribution is 0.0526. The van der Waals surface area contributed by atoms with Crippen LogP contribution in [-0.4, -0.2) is 25.9 Å². The number of hydrogen-bond donors (Lipinski definition) is 1. The van der Waals surface area contributed by atoms with Crippen molar-refractivity contribution < 1.29 is 9.47 Å². The Bertz CT molecular complexity index is 302. The van der Waals surface area contributed by atoms with E-state index in [0.717, 1.165) is 17.7 Å². The van der Waals surface area contributed by atoms with Gasteiger partial charge in [-0.25, -0.2) is 0 Å². The summed E-state index contributed by atoms with van der Waals surface area (Å²) >= 11 is 0. The molecule has 0 aromatic heterocycles. The number of ether oxygens (including phenoxy) is 2. The third-order valence-corrected chi connectivity index (χ3v) is 2.46. The van der Waals surface area contributed by atoms with E-state index in [4.69, 9.17) is 15.2 Å². The molecule has 90 valence electrons. The van der Waals surface area contributed by atoms with Crippen molar-refractivity contribution in [3.05, 3.63) is 29.8 Å². The number of hydrogen-bond acceptors (Lipinski definition) is 3. The van der Waals surface area contributed by atoms with Gasteiger partial charge in [-0.1, -0.05) is 18.2 Å². The van der Waals surface area contributed by atoms with Crippen LogP contribution >= 0.6 is 0 Å². The molecular weight excluding hydrogens is 202 g/mol. The summed E-state index contributed by atoms with van der Waals surface area (Å²) in [6.07, 6.45) is 0.938. The van der Waals surface area contributed by atoms with Crippen LogP contribution in [0.1, 0.15) is 18.9 Å². The van der Waals surface area contributed by atoms with Gasteiger partial charge in [0.05, 0.1) is 12.7 Å². The number of para-hydroxylation sites is 1. The van der Waals surface area contributed by atoms with Crippen molar-refractivity contribution in [2.75, 3.05) is 19.8 Å². The number of aryl methyl sites for hydroxylation is 1. The predicted molar refractivity (Wildman–Crippen MR) is 65.8 cm³/mol. The van der Waals surface area contributed by atoms with Crippen LogP contribution in [0.5, 0.6) is 5.75 Å². The molecule has 1 rings (SSSR count). The zero-order valence-corrected chi connectivity index (χ0v) is 10.1. The first kappa shape index (κ1) is 13.0. The van der Waals surface area contributed by atoms with E-state index < -0.39 is 0 Å². The molecule has 0 saturated carbocycles. The Kier molecular flexibility index (Phi) is 5.90. The maximum absolute atomic E-state index is 5.68. The lowest BCUT2D eigenvalue weighted by Gasteiger charge is -2.15. The van der Waals surface area contributed by atoms with Gasteiger partial charge in [0.25, 0.3) is 0 Å². The molecule has 0 fully saturated rings. The number of rotatable bonds is 7. The summed E-state index contributed by atoms with van der Waals surface area (Å²) in [6, 6.07) is 8.00. The van der Waals surface area contributed by atoms with Gasteiger partial charge < -0.3 is 15.2 Å². The summed E-state index contributed by atoms with van der Waals surface area (Å²) in [7, 11) is 0. The summed E-state index contributed by atoms with van der Waals surface area (Å²) in [4.78, 5) is 0. The summed E-state index contributed by atoms with van der Waals surface area (Å²) in [5.74, 6) is 0.940. The van der Waals surface area contributed by atoms with E-state index in [-0.39, 0.29) is 6.10 Å². The summed E-state index contributed by atoms with van der Waals surface area (Å²) in [5, 5.41) is 0. The smallest absolute Gasteiger partial charge is 0.122 e. The number of benzene rings is 1. The van der Waals surface area contributed by atoms with Crippen LogP contribution < -0.4 is 10.5 Å². The first-order valence-electron chi connectivity index (χ1n) is 5.78. The molecule has 0 aliphatic carbocycles. The molecule has 1 unspecified atom stereocenters. The Morgan fingerprint density at radius 1 is 1.31 bits per heavy atom. The zero-order chi connectivity index (χ0) is 11.8. The maximum Gasteiger partial charge on any atom is 0.122 e. The second kappa shape index (κ2) is 7.25. The van der Waals surface area contributed by atoms with Gasteiger partial charge >= 0.3 is 0 Å². The molecule has 0 amide bonds. The molecule has 0 radical (unpaired) electrons. The van der Waals surface area contributed by atoms with E-state index >= 15 is 0 Å². The van der Waals surface area contributed by atoms with Gasteiger partial charge in [-0.3, -0.25) is 0 Å². The summed E-state index contributed by atoms with van der Waals surface area (Å²) < 4.78 is 11.1. The Morgan fingerprint density at radius 3 is 2.69 bits per heavy atom. The van der Waals surface area contributed by atoms with Crippen molar-refractivity contribution in [1.29, 1.82) is 0 Å².